The second kappa shape index (κ2) is 5.07. The Hall–Kier alpha value is -0.770. The zero-order valence-electron chi connectivity index (χ0n) is 7.16. The lowest BCUT2D eigenvalue weighted by Gasteiger charge is -2.08. The third-order valence-corrected chi connectivity index (χ3v) is 1.66. The normalized spacial score (nSPS) is 12.8. The summed E-state index contributed by atoms with van der Waals surface area (Å²) in [5.41, 5.74) is 0. The molecule has 72 valence electrons. The molecule has 13 heavy (non-hydrogen) atoms. The number of aliphatic hydroxyl groups is 1. The van der Waals surface area contributed by atoms with Crippen LogP contribution in [0.5, 0.6) is 0 Å². The summed E-state index contributed by atoms with van der Waals surface area (Å²) in [6.45, 7) is 4.40. The fourth-order valence-corrected chi connectivity index (χ4v) is 1.02. The first-order valence-electron chi connectivity index (χ1n) is 3.95. The third-order valence-electron chi connectivity index (χ3n) is 1.53. The number of hydrogen-bond acceptors (Lipinski definition) is 3. The minimum absolute atomic E-state index is 0.402. The maximum Gasteiger partial charge on any atom is 0.133 e. The number of aliphatic hydroxyl groups excluding tert-OH is 1. The van der Waals surface area contributed by atoms with Gasteiger partial charge in [-0.15, -0.1) is 0 Å². The molecule has 0 bridgehead atoms. The van der Waals surface area contributed by atoms with E-state index >= 15 is 0 Å². The fraction of sp³-hybridized carbons (Fsp3) is 0.333. The van der Waals surface area contributed by atoms with E-state index in [9.17, 15) is 5.11 Å². The molecular weight excluding hydrogens is 190 g/mol. The highest BCUT2D eigenvalue weighted by molar-refractivity contribution is 6.29. The fourth-order valence-electron chi connectivity index (χ4n) is 0.926. The average molecular weight is 202 g/mol. The molecule has 1 heterocycles. The van der Waals surface area contributed by atoms with Gasteiger partial charge in [-0.3, -0.25) is 0 Å². The molecule has 2 N–H and O–H groups in total. The molecule has 0 radical (unpaired) electrons. The number of nitrogens with one attached hydrogen (secondary N) is 1. The molecule has 0 saturated carbocycles. The first-order valence-corrected chi connectivity index (χ1v) is 4.33. The third kappa shape index (κ3) is 3.63. The van der Waals surface area contributed by atoms with Crippen molar-refractivity contribution in [2.45, 2.75) is 6.10 Å². The van der Waals surface area contributed by atoms with Crippen LogP contribution in [0.25, 0.3) is 0 Å². The minimum atomic E-state index is -0.633. The van der Waals surface area contributed by atoms with Crippen molar-refractivity contribution in [3.8, 4) is 0 Å². The summed E-state index contributed by atoms with van der Waals surface area (Å²) in [5, 5.41) is 12.9. The van der Waals surface area contributed by atoms with Gasteiger partial charge in [-0.05, 0) is 12.1 Å². The van der Waals surface area contributed by atoms with Crippen LogP contribution in [-0.4, -0.2) is 18.2 Å². The standard InChI is InChI=1S/C9H12ClNO2/c1-7(10)5-11-6-8(12)9-3-2-4-13-9/h2-4,8,11-12H,1,5-6H2. The lowest BCUT2D eigenvalue weighted by atomic mass is 10.3. The van der Waals surface area contributed by atoms with Crippen molar-refractivity contribution in [1.29, 1.82) is 0 Å². The first kappa shape index (κ1) is 10.3. The van der Waals surface area contributed by atoms with E-state index in [0.717, 1.165) is 0 Å². The summed E-state index contributed by atoms with van der Waals surface area (Å²) < 4.78 is 5.01. The Labute approximate surface area is 82.0 Å². The molecule has 0 aliphatic rings. The molecule has 1 rings (SSSR count). The summed E-state index contributed by atoms with van der Waals surface area (Å²) in [6, 6.07) is 3.46. The molecule has 1 aromatic heterocycles. The molecule has 0 aliphatic heterocycles. The Morgan fingerprint density at radius 3 is 3.08 bits per heavy atom. The average Bonchev–Trinajstić information content (AvgIpc) is 2.55. The number of furan rings is 1. The lowest BCUT2D eigenvalue weighted by Crippen LogP contribution is -2.22. The molecule has 1 aromatic rings. The van der Waals surface area contributed by atoms with Gasteiger partial charge in [-0.2, -0.15) is 0 Å². The van der Waals surface area contributed by atoms with Crippen LogP contribution in [0.3, 0.4) is 0 Å². The van der Waals surface area contributed by atoms with Crippen molar-refractivity contribution >= 4 is 11.6 Å². The van der Waals surface area contributed by atoms with E-state index in [2.05, 4.69) is 11.9 Å². The van der Waals surface area contributed by atoms with Crippen LogP contribution < -0.4 is 5.32 Å². The molecule has 3 nitrogen and oxygen atoms in total. The molecule has 0 spiro atoms. The SMILES string of the molecule is C=C(Cl)CNCC(O)c1ccco1. The predicted octanol–water partition coefficient (Wildman–Crippen LogP) is 1.66. The largest absolute Gasteiger partial charge is 0.467 e. The topological polar surface area (TPSA) is 45.4 Å². The van der Waals surface area contributed by atoms with Crippen LogP contribution in [-0.2, 0) is 0 Å². The van der Waals surface area contributed by atoms with Crippen LogP contribution in [0.1, 0.15) is 11.9 Å². The summed E-state index contributed by atoms with van der Waals surface area (Å²) in [4.78, 5) is 0. The van der Waals surface area contributed by atoms with Gasteiger partial charge in [0.15, 0.2) is 0 Å². The van der Waals surface area contributed by atoms with Gasteiger partial charge < -0.3 is 14.8 Å². The molecule has 0 aliphatic carbocycles. The molecule has 1 atom stereocenters. The van der Waals surface area contributed by atoms with Gasteiger partial charge in [0.05, 0.1) is 6.26 Å². The van der Waals surface area contributed by atoms with Gasteiger partial charge in [-0.1, -0.05) is 18.2 Å². The zero-order valence-corrected chi connectivity index (χ0v) is 7.92. The van der Waals surface area contributed by atoms with Crippen molar-refractivity contribution in [3.05, 3.63) is 35.8 Å². The Kier molecular flexibility index (Phi) is 4.02. The maximum absolute atomic E-state index is 9.49. The second-order valence-corrected chi connectivity index (χ2v) is 3.21. The number of hydrogen-bond donors (Lipinski definition) is 2. The van der Waals surface area contributed by atoms with Crippen LogP contribution in [0.2, 0.25) is 0 Å². The molecule has 0 amide bonds. The summed E-state index contributed by atoms with van der Waals surface area (Å²) in [7, 11) is 0. The second-order valence-electron chi connectivity index (χ2n) is 2.68. The van der Waals surface area contributed by atoms with E-state index in [1.807, 2.05) is 0 Å². The lowest BCUT2D eigenvalue weighted by molar-refractivity contribution is 0.149. The molecule has 4 heteroatoms. The van der Waals surface area contributed by atoms with Gasteiger partial charge in [0.2, 0.25) is 0 Å². The highest BCUT2D eigenvalue weighted by Crippen LogP contribution is 2.11. The van der Waals surface area contributed by atoms with E-state index in [4.69, 9.17) is 16.0 Å². The highest BCUT2D eigenvalue weighted by Gasteiger charge is 2.08. The quantitative estimate of drug-likeness (QED) is 0.762. The van der Waals surface area contributed by atoms with Gasteiger partial charge in [0.25, 0.3) is 0 Å². The maximum atomic E-state index is 9.49. The van der Waals surface area contributed by atoms with Gasteiger partial charge in [0, 0.05) is 18.1 Å². The Bertz CT molecular complexity index is 259. The van der Waals surface area contributed by atoms with Crippen molar-refractivity contribution in [3.63, 3.8) is 0 Å². The van der Waals surface area contributed by atoms with E-state index in [1.54, 1.807) is 12.1 Å². The van der Waals surface area contributed by atoms with Gasteiger partial charge in [-0.25, -0.2) is 0 Å². The molecular formula is C9H12ClNO2. The van der Waals surface area contributed by atoms with Crippen LogP contribution in [0, 0.1) is 0 Å². The van der Waals surface area contributed by atoms with Crippen LogP contribution in [0.4, 0.5) is 0 Å². The summed E-state index contributed by atoms with van der Waals surface area (Å²) in [6.07, 6.45) is 0.894. The predicted molar refractivity (Wildman–Crippen MR) is 51.5 cm³/mol. The van der Waals surface area contributed by atoms with E-state index < -0.39 is 6.10 Å². The Balaban J connectivity index is 2.26. The molecule has 1 unspecified atom stereocenters. The van der Waals surface area contributed by atoms with Crippen LogP contribution >= 0.6 is 11.6 Å². The monoisotopic (exact) mass is 201 g/mol. The van der Waals surface area contributed by atoms with Crippen molar-refractivity contribution in [2.75, 3.05) is 13.1 Å². The van der Waals surface area contributed by atoms with Gasteiger partial charge in [0.1, 0.15) is 11.9 Å². The summed E-state index contributed by atoms with van der Waals surface area (Å²) in [5.74, 6) is 0.549. The Morgan fingerprint density at radius 2 is 2.54 bits per heavy atom. The first-order chi connectivity index (χ1) is 6.20. The number of rotatable bonds is 5. The molecule has 0 aromatic carbocycles. The zero-order chi connectivity index (χ0) is 9.68. The van der Waals surface area contributed by atoms with Gasteiger partial charge >= 0.3 is 0 Å². The highest BCUT2D eigenvalue weighted by atomic mass is 35.5. The van der Waals surface area contributed by atoms with E-state index in [1.165, 1.54) is 6.26 Å². The molecule has 0 fully saturated rings. The van der Waals surface area contributed by atoms with Crippen molar-refractivity contribution < 1.29 is 9.52 Å². The van der Waals surface area contributed by atoms with E-state index in [-0.39, 0.29) is 0 Å². The van der Waals surface area contributed by atoms with Crippen molar-refractivity contribution in [1.82, 2.24) is 5.32 Å². The summed E-state index contributed by atoms with van der Waals surface area (Å²) >= 11 is 5.52. The van der Waals surface area contributed by atoms with Crippen LogP contribution in [0.15, 0.2) is 34.4 Å². The minimum Gasteiger partial charge on any atom is -0.467 e. The molecule has 0 saturated heterocycles. The number of halogens is 1. The smallest absolute Gasteiger partial charge is 0.133 e. The Morgan fingerprint density at radius 1 is 1.77 bits per heavy atom. The van der Waals surface area contributed by atoms with Crippen molar-refractivity contribution in [2.24, 2.45) is 0 Å². The van der Waals surface area contributed by atoms with E-state index in [0.29, 0.717) is 23.9 Å².